The lowest BCUT2D eigenvalue weighted by atomic mass is 10.0. The highest BCUT2D eigenvalue weighted by molar-refractivity contribution is 5.80. The van der Waals surface area contributed by atoms with Gasteiger partial charge < -0.3 is 14.8 Å². The normalized spacial score (nSPS) is 12.3. The van der Waals surface area contributed by atoms with E-state index < -0.39 is 5.97 Å². The van der Waals surface area contributed by atoms with Gasteiger partial charge in [0, 0.05) is 30.0 Å². The Morgan fingerprint density at radius 3 is 2.71 bits per heavy atom. The van der Waals surface area contributed by atoms with E-state index in [-0.39, 0.29) is 12.5 Å². The van der Waals surface area contributed by atoms with Crippen molar-refractivity contribution in [1.82, 2.24) is 5.32 Å². The van der Waals surface area contributed by atoms with Crippen molar-refractivity contribution in [3.63, 3.8) is 0 Å². The van der Waals surface area contributed by atoms with Crippen LogP contribution in [0.15, 0.2) is 65.3 Å². The van der Waals surface area contributed by atoms with Crippen LogP contribution in [0.3, 0.4) is 0 Å². The smallest absolute Gasteiger partial charge is 0.303 e. The molecular weight excluding hydrogens is 302 g/mol. The summed E-state index contributed by atoms with van der Waals surface area (Å²) >= 11 is 0. The largest absolute Gasteiger partial charge is 0.481 e. The fourth-order valence-corrected chi connectivity index (χ4v) is 2.92. The van der Waals surface area contributed by atoms with E-state index in [1.54, 1.807) is 6.26 Å². The SMILES string of the molecule is O=C(O)CCC(Cc1ccccc1)NCc1cccc2ccoc12. The Hall–Kier alpha value is -2.59. The minimum Gasteiger partial charge on any atom is -0.481 e. The lowest BCUT2D eigenvalue weighted by Crippen LogP contribution is -2.31. The molecule has 4 heteroatoms. The van der Waals surface area contributed by atoms with Crippen molar-refractivity contribution in [3.8, 4) is 0 Å². The van der Waals surface area contributed by atoms with Crippen LogP contribution in [0.5, 0.6) is 0 Å². The zero-order chi connectivity index (χ0) is 16.8. The van der Waals surface area contributed by atoms with Gasteiger partial charge >= 0.3 is 5.97 Å². The molecule has 0 radical (unpaired) electrons. The second-order valence-electron chi connectivity index (χ2n) is 5.96. The number of carboxylic acids is 1. The number of furan rings is 1. The van der Waals surface area contributed by atoms with Gasteiger partial charge in [-0.15, -0.1) is 0 Å². The average molecular weight is 323 g/mol. The molecule has 124 valence electrons. The van der Waals surface area contributed by atoms with E-state index in [1.807, 2.05) is 42.5 Å². The van der Waals surface area contributed by atoms with Gasteiger partial charge in [-0.05, 0) is 24.5 Å². The fraction of sp³-hybridized carbons (Fsp3) is 0.250. The van der Waals surface area contributed by atoms with E-state index in [4.69, 9.17) is 9.52 Å². The van der Waals surface area contributed by atoms with Gasteiger partial charge in [0.25, 0.3) is 0 Å². The maximum Gasteiger partial charge on any atom is 0.303 e. The van der Waals surface area contributed by atoms with Crippen molar-refractivity contribution in [3.05, 3.63) is 72.0 Å². The number of benzene rings is 2. The molecule has 0 spiro atoms. The number of fused-ring (bicyclic) bond motifs is 1. The van der Waals surface area contributed by atoms with Crippen molar-refractivity contribution in [2.45, 2.75) is 31.8 Å². The summed E-state index contributed by atoms with van der Waals surface area (Å²) in [6.45, 7) is 0.655. The minimum atomic E-state index is -0.761. The maximum atomic E-state index is 10.9. The predicted octanol–water partition coefficient (Wildman–Crippen LogP) is 4.00. The molecule has 2 N–H and O–H groups in total. The molecular formula is C20H21NO3. The Morgan fingerprint density at radius 1 is 1.08 bits per heavy atom. The maximum absolute atomic E-state index is 10.9. The molecule has 0 aliphatic carbocycles. The van der Waals surface area contributed by atoms with Gasteiger partial charge in [0.2, 0.25) is 0 Å². The van der Waals surface area contributed by atoms with Gasteiger partial charge in [-0.25, -0.2) is 0 Å². The molecule has 1 unspecified atom stereocenters. The Labute approximate surface area is 141 Å². The average Bonchev–Trinajstić information content (AvgIpc) is 3.07. The number of aliphatic carboxylic acids is 1. The van der Waals surface area contributed by atoms with Crippen molar-refractivity contribution >= 4 is 16.9 Å². The number of hydrogen-bond acceptors (Lipinski definition) is 3. The second kappa shape index (κ2) is 7.79. The monoisotopic (exact) mass is 323 g/mol. The minimum absolute atomic E-state index is 0.105. The summed E-state index contributed by atoms with van der Waals surface area (Å²) in [4.78, 5) is 10.9. The van der Waals surface area contributed by atoms with Crippen LogP contribution < -0.4 is 5.32 Å². The van der Waals surface area contributed by atoms with Gasteiger partial charge in [0.1, 0.15) is 5.58 Å². The highest BCUT2D eigenvalue weighted by Gasteiger charge is 2.13. The van der Waals surface area contributed by atoms with Crippen LogP contribution in [-0.2, 0) is 17.8 Å². The molecule has 0 saturated carbocycles. The molecule has 3 aromatic rings. The molecule has 0 aliphatic rings. The molecule has 0 amide bonds. The van der Waals surface area contributed by atoms with Crippen LogP contribution in [-0.4, -0.2) is 17.1 Å². The summed E-state index contributed by atoms with van der Waals surface area (Å²) in [7, 11) is 0. The molecule has 0 saturated heterocycles. The molecule has 1 atom stereocenters. The number of hydrogen-bond donors (Lipinski definition) is 2. The topological polar surface area (TPSA) is 62.5 Å². The summed E-state index contributed by atoms with van der Waals surface area (Å²) in [5.41, 5.74) is 3.18. The van der Waals surface area contributed by atoms with Crippen LogP contribution in [0, 0.1) is 0 Å². The Bertz CT molecular complexity index is 795. The first kappa shape index (κ1) is 16.3. The van der Waals surface area contributed by atoms with E-state index in [2.05, 4.69) is 17.4 Å². The Morgan fingerprint density at radius 2 is 1.92 bits per heavy atom. The fourth-order valence-electron chi connectivity index (χ4n) is 2.92. The van der Waals surface area contributed by atoms with Gasteiger partial charge in [0.05, 0.1) is 6.26 Å². The predicted molar refractivity (Wildman–Crippen MR) is 93.9 cm³/mol. The molecule has 0 aliphatic heterocycles. The van der Waals surface area contributed by atoms with Crippen LogP contribution in [0.4, 0.5) is 0 Å². The van der Waals surface area contributed by atoms with Crippen LogP contribution >= 0.6 is 0 Å². The number of carbonyl (C=O) groups is 1. The van der Waals surface area contributed by atoms with Crippen LogP contribution in [0.1, 0.15) is 24.0 Å². The lowest BCUT2D eigenvalue weighted by molar-refractivity contribution is -0.137. The zero-order valence-electron chi connectivity index (χ0n) is 13.4. The summed E-state index contributed by atoms with van der Waals surface area (Å²) in [6, 6.07) is 18.3. The summed E-state index contributed by atoms with van der Waals surface area (Å²) in [6.07, 6.45) is 3.26. The van der Waals surface area contributed by atoms with E-state index in [1.165, 1.54) is 5.56 Å². The van der Waals surface area contributed by atoms with Crippen molar-refractivity contribution in [2.24, 2.45) is 0 Å². The van der Waals surface area contributed by atoms with Crippen molar-refractivity contribution < 1.29 is 14.3 Å². The van der Waals surface area contributed by atoms with E-state index in [0.717, 1.165) is 23.0 Å². The molecule has 2 aromatic carbocycles. The van der Waals surface area contributed by atoms with Crippen LogP contribution in [0.2, 0.25) is 0 Å². The highest BCUT2D eigenvalue weighted by atomic mass is 16.4. The molecule has 1 aromatic heterocycles. The van der Waals surface area contributed by atoms with Crippen molar-refractivity contribution in [2.75, 3.05) is 0 Å². The number of carboxylic acid groups (broad SMARTS) is 1. The third-order valence-corrected chi connectivity index (χ3v) is 4.17. The summed E-state index contributed by atoms with van der Waals surface area (Å²) < 4.78 is 5.56. The lowest BCUT2D eigenvalue weighted by Gasteiger charge is -2.18. The standard InChI is InChI=1S/C20H21NO3/c22-19(23)10-9-18(13-15-5-2-1-3-6-15)21-14-17-8-4-7-16-11-12-24-20(16)17/h1-8,11-12,18,21H,9-10,13-14H2,(H,22,23). The molecule has 24 heavy (non-hydrogen) atoms. The Kier molecular flexibility index (Phi) is 5.29. The molecule has 0 fully saturated rings. The summed E-state index contributed by atoms with van der Waals surface area (Å²) in [5, 5.41) is 13.6. The Balaban J connectivity index is 1.68. The molecule has 1 heterocycles. The van der Waals surface area contributed by atoms with Gasteiger partial charge in [-0.1, -0.05) is 48.5 Å². The van der Waals surface area contributed by atoms with E-state index in [9.17, 15) is 4.79 Å². The van der Waals surface area contributed by atoms with Gasteiger partial charge in [-0.3, -0.25) is 4.79 Å². The zero-order valence-corrected chi connectivity index (χ0v) is 13.4. The summed E-state index contributed by atoms with van der Waals surface area (Å²) in [5.74, 6) is -0.761. The third-order valence-electron chi connectivity index (χ3n) is 4.17. The number of nitrogens with one attached hydrogen (secondary N) is 1. The first-order valence-corrected chi connectivity index (χ1v) is 8.16. The van der Waals surface area contributed by atoms with Crippen LogP contribution in [0.25, 0.3) is 11.0 Å². The third kappa shape index (κ3) is 4.24. The molecule has 3 rings (SSSR count). The first-order chi connectivity index (χ1) is 11.7. The van der Waals surface area contributed by atoms with Gasteiger partial charge in [0.15, 0.2) is 0 Å². The van der Waals surface area contributed by atoms with E-state index >= 15 is 0 Å². The van der Waals surface area contributed by atoms with E-state index in [0.29, 0.717) is 13.0 Å². The first-order valence-electron chi connectivity index (χ1n) is 8.16. The quantitative estimate of drug-likeness (QED) is 0.658. The highest BCUT2D eigenvalue weighted by Crippen LogP contribution is 2.20. The molecule has 4 nitrogen and oxygen atoms in total. The number of rotatable bonds is 8. The second-order valence-corrected chi connectivity index (χ2v) is 5.96. The van der Waals surface area contributed by atoms with Gasteiger partial charge in [-0.2, -0.15) is 0 Å². The van der Waals surface area contributed by atoms with Crippen molar-refractivity contribution in [1.29, 1.82) is 0 Å². The molecule has 0 bridgehead atoms. The number of para-hydroxylation sites is 1.